The lowest BCUT2D eigenvalue weighted by Crippen LogP contribution is -2.20. The second kappa shape index (κ2) is 7.40. The molecule has 0 bridgehead atoms. The highest BCUT2D eigenvalue weighted by atomic mass is 32.2. The van der Waals surface area contributed by atoms with Crippen LogP contribution in [0.1, 0.15) is 13.3 Å². The number of hydrogen-bond acceptors (Lipinski definition) is 9. The van der Waals surface area contributed by atoms with E-state index < -0.39 is 29.7 Å². The molecule has 4 rings (SSSR count). The van der Waals surface area contributed by atoms with Gasteiger partial charge in [0, 0.05) is 5.56 Å². The summed E-state index contributed by atoms with van der Waals surface area (Å²) < 4.78 is 51.0. The normalized spacial score (nSPS) is 12.5. The molecule has 0 fully saturated rings. The van der Waals surface area contributed by atoms with E-state index in [-0.39, 0.29) is 29.5 Å². The summed E-state index contributed by atoms with van der Waals surface area (Å²) in [6, 6.07) is 7.85. The van der Waals surface area contributed by atoms with Gasteiger partial charge in [-0.15, -0.1) is 10.2 Å². The highest BCUT2D eigenvalue weighted by Crippen LogP contribution is 2.41. The molecule has 0 aliphatic carbocycles. The van der Waals surface area contributed by atoms with Crippen molar-refractivity contribution >= 4 is 36.8 Å². The molecule has 0 aliphatic heterocycles. The standard InChI is InChI=1S/C17H18N8O4S2/c1-2-8-30(26,27)12-7-6-9(10-4-3-5-11-14(10)21-17(18)20-11)13(15(12)31(19,28)29)16-22-24-25-23-16/h3-7H,2,8H2,1H3,(H3,18,20,21)(H2,19,28,29)(H,22,23,24,25). The van der Waals surface area contributed by atoms with Crippen molar-refractivity contribution in [3.63, 3.8) is 0 Å². The van der Waals surface area contributed by atoms with Crippen molar-refractivity contribution in [1.82, 2.24) is 30.6 Å². The number of nitrogens with two attached hydrogens (primary N) is 2. The molecule has 0 aliphatic rings. The Labute approximate surface area is 177 Å². The first-order valence-corrected chi connectivity index (χ1v) is 12.2. The average molecular weight is 463 g/mol. The molecule has 0 saturated carbocycles. The van der Waals surface area contributed by atoms with Gasteiger partial charge in [-0.25, -0.2) is 27.0 Å². The van der Waals surface area contributed by atoms with Gasteiger partial charge in [0.15, 0.2) is 15.8 Å². The van der Waals surface area contributed by atoms with Crippen LogP contribution >= 0.6 is 0 Å². The van der Waals surface area contributed by atoms with E-state index in [1.54, 1.807) is 25.1 Å². The topological polar surface area (TPSA) is 203 Å². The molecule has 12 nitrogen and oxygen atoms in total. The molecule has 4 aromatic rings. The van der Waals surface area contributed by atoms with Crippen LogP contribution in [0.2, 0.25) is 0 Å². The number of nitrogen functional groups attached to an aromatic ring is 1. The largest absolute Gasteiger partial charge is 0.369 e. The predicted molar refractivity (Wildman–Crippen MR) is 113 cm³/mol. The number of aromatic nitrogens is 6. The van der Waals surface area contributed by atoms with Crippen molar-refractivity contribution < 1.29 is 16.8 Å². The molecule has 14 heteroatoms. The summed E-state index contributed by atoms with van der Waals surface area (Å²) >= 11 is 0. The van der Waals surface area contributed by atoms with Gasteiger partial charge in [-0.05, 0) is 29.3 Å². The van der Waals surface area contributed by atoms with Gasteiger partial charge in [0.05, 0.1) is 27.2 Å². The molecule has 0 spiro atoms. The number of rotatable bonds is 6. The molecule has 2 heterocycles. The van der Waals surface area contributed by atoms with Crippen molar-refractivity contribution in [2.24, 2.45) is 5.14 Å². The molecule has 0 radical (unpaired) electrons. The van der Waals surface area contributed by atoms with E-state index in [4.69, 9.17) is 10.9 Å². The Bertz CT molecular complexity index is 1490. The minimum Gasteiger partial charge on any atom is -0.369 e. The van der Waals surface area contributed by atoms with Crippen LogP contribution in [0, 0.1) is 0 Å². The number of tetrazole rings is 1. The lowest BCUT2D eigenvalue weighted by molar-refractivity contribution is 0.583. The Balaban J connectivity index is 2.18. The number of benzene rings is 2. The zero-order valence-electron chi connectivity index (χ0n) is 16.2. The van der Waals surface area contributed by atoms with Crippen molar-refractivity contribution in [2.45, 2.75) is 23.1 Å². The molecule has 162 valence electrons. The van der Waals surface area contributed by atoms with Gasteiger partial charge in [0.25, 0.3) is 0 Å². The summed E-state index contributed by atoms with van der Waals surface area (Å²) in [7, 11) is -8.49. The molecular weight excluding hydrogens is 444 g/mol. The number of H-pyrrole nitrogens is 2. The van der Waals surface area contributed by atoms with Gasteiger partial charge in [-0.1, -0.05) is 25.1 Å². The van der Waals surface area contributed by atoms with E-state index in [9.17, 15) is 16.8 Å². The number of fused-ring (bicyclic) bond motifs is 1. The Kier molecular flexibility index (Phi) is 4.99. The van der Waals surface area contributed by atoms with Gasteiger partial charge in [-0.2, -0.15) is 5.21 Å². The molecule has 0 atom stereocenters. The van der Waals surface area contributed by atoms with Gasteiger partial charge >= 0.3 is 0 Å². The fourth-order valence-corrected chi connectivity index (χ4v) is 6.43. The maximum Gasteiger partial charge on any atom is 0.240 e. The van der Waals surface area contributed by atoms with Crippen LogP contribution < -0.4 is 10.9 Å². The number of nitrogens with zero attached hydrogens (tertiary/aromatic N) is 4. The van der Waals surface area contributed by atoms with Crippen molar-refractivity contribution in [3.8, 4) is 22.5 Å². The van der Waals surface area contributed by atoms with Crippen molar-refractivity contribution in [2.75, 3.05) is 11.5 Å². The van der Waals surface area contributed by atoms with Crippen LogP contribution in [-0.2, 0) is 19.9 Å². The summed E-state index contributed by atoms with van der Waals surface area (Å²) in [6.07, 6.45) is 0.289. The summed E-state index contributed by atoms with van der Waals surface area (Å²) in [5, 5.41) is 19.0. The lowest BCUT2D eigenvalue weighted by Gasteiger charge is -2.16. The SMILES string of the molecule is CCCS(=O)(=O)c1ccc(-c2cccc3[nH]c(N)nc23)c(-c2nn[nH]n2)c1S(N)(=O)=O. The third-order valence-corrected chi connectivity index (χ3v) is 7.68. The highest BCUT2D eigenvalue weighted by molar-refractivity contribution is 7.93. The predicted octanol–water partition coefficient (Wildman–Crippen LogP) is 0.823. The van der Waals surface area contributed by atoms with Gasteiger partial charge in [0.1, 0.15) is 4.90 Å². The zero-order valence-corrected chi connectivity index (χ0v) is 17.8. The zero-order chi connectivity index (χ0) is 22.4. The number of imidazole rings is 1. The first-order chi connectivity index (χ1) is 14.6. The molecule has 31 heavy (non-hydrogen) atoms. The average Bonchev–Trinajstić information content (AvgIpc) is 3.34. The smallest absolute Gasteiger partial charge is 0.240 e. The maximum absolute atomic E-state index is 12.9. The molecule has 6 N–H and O–H groups in total. The molecule has 0 saturated heterocycles. The van der Waals surface area contributed by atoms with Crippen LogP contribution in [0.25, 0.3) is 33.5 Å². The molecule has 2 aromatic heterocycles. The third-order valence-electron chi connectivity index (χ3n) is 4.60. The number of para-hydroxylation sites is 1. The number of aromatic amines is 2. The second-order valence-electron chi connectivity index (χ2n) is 6.74. The van der Waals surface area contributed by atoms with Gasteiger partial charge < -0.3 is 10.7 Å². The monoisotopic (exact) mass is 462 g/mol. The Morgan fingerprint density at radius 1 is 1.06 bits per heavy atom. The summed E-state index contributed by atoms with van der Waals surface area (Å²) in [4.78, 5) is 6.14. The van der Waals surface area contributed by atoms with Crippen LogP contribution in [0.4, 0.5) is 5.95 Å². The molecule has 0 amide bonds. The number of sulfone groups is 1. The summed E-state index contributed by atoms with van der Waals surface area (Å²) in [6.45, 7) is 1.67. The lowest BCUT2D eigenvalue weighted by atomic mass is 9.98. The Morgan fingerprint density at radius 2 is 1.84 bits per heavy atom. The summed E-state index contributed by atoms with van der Waals surface area (Å²) in [5.74, 6) is -0.225. The minimum absolute atomic E-state index is 0.0949. The maximum atomic E-state index is 12.9. The highest BCUT2D eigenvalue weighted by Gasteiger charge is 2.32. The van der Waals surface area contributed by atoms with Crippen LogP contribution in [-0.4, -0.2) is 53.2 Å². The Hall–Kier alpha value is -3.36. The van der Waals surface area contributed by atoms with Crippen LogP contribution in [0.15, 0.2) is 40.1 Å². The minimum atomic E-state index is -4.52. The molecule has 0 unspecified atom stereocenters. The van der Waals surface area contributed by atoms with E-state index in [2.05, 4.69) is 30.6 Å². The van der Waals surface area contributed by atoms with Gasteiger partial charge in [-0.3, -0.25) is 0 Å². The van der Waals surface area contributed by atoms with Crippen molar-refractivity contribution in [3.05, 3.63) is 30.3 Å². The molecular formula is C17H18N8O4S2. The summed E-state index contributed by atoms with van der Waals surface area (Å²) in [5.41, 5.74) is 7.53. The fraction of sp³-hybridized carbons (Fsp3) is 0.176. The number of nitrogens with one attached hydrogen (secondary N) is 2. The first kappa shape index (κ1) is 20.9. The Morgan fingerprint density at radius 3 is 2.48 bits per heavy atom. The fourth-order valence-electron chi connectivity index (χ4n) is 3.45. The molecule has 2 aromatic carbocycles. The quantitative estimate of drug-likeness (QED) is 0.320. The number of primary sulfonamides is 1. The van der Waals surface area contributed by atoms with E-state index >= 15 is 0 Å². The van der Waals surface area contributed by atoms with Gasteiger partial charge in [0.2, 0.25) is 15.8 Å². The first-order valence-electron chi connectivity index (χ1n) is 9.04. The van der Waals surface area contributed by atoms with Crippen LogP contribution in [0.3, 0.4) is 0 Å². The number of sulfonamides is 1. The van der Waals surface area contributed by atoms with E-state index in [1.165, 1.54) is 12.1 Å². The number of hydrogen-bond donors (Lipinski definition) is 4. The van der Waals surface area contributed by atoms with E-state index in [0.29, 0.717) is 22.2 Å². The second-order valence-corrected chi connectivity index (χ2v) is 10.3. The van der Waals surface area contributed by atoms with E-state index in [1.807, 2.05) is 0 Å². The van der Waals surface area contributed by atoms with Crippen LogP contribution in [0.5, 0.6) is 0 Å². The van der Waals surface area contributed by atoms with Crippen molar-refractivity contribution in [1.29, 1.82) is 0 Å². The van der Waals surface area contributed by atoms with E-state index in [0.717, 1.165) is 0 Å². The number of anilines is 1. The third kappa shape index (κ3) is 3.64.